The Morgan fingerprint density at radius 3 is 2.52 bits per heavy atom. The molecule has 1 N–H and O–H groups in total. The molecule has 6 heteroatoms. The molecule has 27 heavy (non-hydrogen) atoms. The number of methoxy groups -OCH3 is 2. The van der Waals surface area contributed by atoms with Gasteiger partial charge in [0.25, 0.3) is 5.91 Å². The lowest BCUT2D eigenvalue weighted by Crippen LogP contribution is -2.28. The second-order valence-electron chi connectivity index (χ2n) is 5.73. The Kier molecular flexibility index (Phi) is 7.43. The first-order valence-electron chi connectivity index (χ1n) is 8.42. The van der Waals surface area contributed by atoms with Gasteiger partial charge >= 0.3 is 5.97 Å². The Morgan fingerprint density at radius 1 is 1.04 bits per heavy atom. The maximum absolute atomic E-state index is 11.8. The zero-order valence-corrected chi connectivity index (χ0v) is 15.7. The Labute approximate surface area is 158 Å². The third kappa shape index (κ3) is 5.88. The molecule has 2 aromatic rings. The monoisotopic (exact) mass is 369 g/mol. The summed E-state index contributed by atoms with van der Waals surface area (Å²) in [4.78, 5) is 23.7. The van der Waals surface area contributed by atoms with E-state index in [1.165, 1.54) is 20.3 Å². The highest BCUT2D eigenvalue weighted by molar-refractivity contribution is 5.89. The van der Waals surface area contributed by atoms with Gasteiger partial charge in [0.15, 0.2) is 18.1 Å². The van der Waals surface area contributed by atoms with Gasteiger partial charge in [0.2, 0.25) is 0 Å². The number of para-hydroxylation sites is 1. The molecule has 142 valence electrons. The van der Waals surface area contributed by atoms with Crippen LogP contribution in [-0.4, -0.2) is 32.7 Å². The Bertz CT molecular complexity index is 829. The lowest BCUT2D eigenvalue weighted by Gasteiger charge is -2.10. The normalized spacial score (nSPS) is 10.5. The lowest BCUT2D eigenvalue weighted by molar-refractivity contribution is -0.143. The predicted octanol–water partition coefficient (Wildman–Crippen LogP) is 2.89. The van der Waals surface area contributed by atoms with E-state index in [0.717, 1.165) is 11.1 Å². The third-order valence-electron chi connectivity index (χ3n) is 3.92. The second-order valence-corrected chi connectivity index (χ2v) is 5.73. The van der Waals surface area contributed by atoms with Crippen LogP contribution in [0.15, 0.2) is 48.5 Å². The zero-order chi connectivity index (χ0) is 19.6. The highest BCUT2D eigenvalue weighted by Crippen LogP contribution is 2.31. The molecule has 0 saturated carbocycles. The molecule has 0 spiro atoms. The van der Waals surface area contributed by atoms with Gasteiger partial charge in [-0.2, -0.15) is 0 Å². The number of nitrogens with one attached hydrogen (secondary N) is 1. The van der Waals surface area contributed by atoms with Gasteiger partial charge < -0.3 is 19.5 Å². The fourth-order valence-electron chi connectivity index (χ4n) is 2.44. The van der Waals surface area contributed by atoms with Crippen molar-refractivity contribution in [3.05, 3.63) is 65.2 Å². The fraction of sp³-hybridized carbons (Fsp3) is 0.238. The molecule has 0 aliphatic rings. The molecule has 2 aromatic carbocycles. The van der Waals surface area contributed by atoms with Gasteiger partial charge in [-0.25, -0.2) is 4.79 Å². The highest BCUT2D eigenvalue weighted by Gasteiger charge is 2.09. The molecule has 6 nitrogen and oxygen atoms in total. The van der Waals surface area contributed by atoms with E-state index in [2.05, 4.69) is 5.32 Å². The number of ether oxygens (including phenoxy) is 3. The molecule has 1 amide bonds. The smallest absolute Gasteiger partial charge is 0.331 e. The summed E-state index contributed by atoms with van der Waals surface area (Å²) in [6.45, 7) is 2.02. The van der Waals surface area contributed by atoms with Crippen LogP contribution in [0.4, 0.5) is 0 Å². The molecule has 2 rings (SSSR count). The van der Waals surface area contributed by atoms with Crippen LogP contribution in [0.25, 0.3) is 6.08 Å². The average molecular weight is 369 g/mol. The van der Waals surface area contributed by atoms with Crippen molar-refractivity contribution in [2.24, 2.45) is 0 Å². The molecule has 0 aromatic heterocycles. The quantitative estimate of drug-likeness (QED) is 0.572. The van der Waals surface area contributed by atoms with Crippen LogP contribution in [0.5, 0.6) is 11.5 Å². The number of aryl methyl sites for hydroxylation is 1. The summed E-state index contributed by atoms with van der Waals surface area (Å²) in [6.07, 6.45) is 2.79. The van der Waals surface area contributed by atoms with Crippen molar-refractivity contribution in [3.8, 4) is 11.5 Å². The van der Waals surface area contributed by atoms with Crippen molar-refractivity contribution in [3.63, 3.8) is 0 Å². The van der Waals surface area contributed by atoms with E-state index in [0.29, 0.717) is 23.6 Å². The van der Waals surface area contributed by atoms with Crippen LogP contribution < -0.4 is 14.8 Å². The van der Waals surface area contributed by atoms with E-state index in [4.69, 9.17) is 14.2 Å². The van der Waals surface area contributed by atoms with Gasteiger partial charge in [0.1, 0.15) is 0 Å². The molecule has 0 unspecified atom stereocenters. The van der Waals surface area contributed by atoms with E-state index in [1.807, 2.05) is 31.2 Å². The van der Waals surface area contributed by atoms with Crippen molar-refractivity contribution in [1.29, 1.82) is 0 Å². The second kappa shape index (κ2) is 10.0. The Hall–Kier alpha value is -3.28. The third-order valence-corrected chi connectivity index (χ3v) is 3.92. The molecule has 0 aliphatic heterocycles. The van der Waals surface area contributed by atoms with Crippen molar-refractivity contribution in [1.82, 2.24) is 5.32 Å². The molecular weight excluding hydrogens is 346 g/mol. The average Bonchev–Trinajstić information content (AvgIpc) is 2.69. The first-order valence-corrected chi connectivity index (χ1v) is 8.42. The van der Waals surface area contributed by atoms with Gasteiger partial charge in [-0.15, -0.1) is 0 Å². The van der Waals surface area contributed by atoms with Crippen LogP contribution in [0.1, 0.15) is 16.7 Å². The number of esters is 1. The van der Waals surface area contributed by atoms with Gasteiger partial charge in [-0.1, -0.05) is 36.4 Å². The van der Waals surface area contributed by atoms with E-state index in [1.54, 1.807) is 24.3 Å². The standard InChI is InChI=1S/C21H23NO5/c1-15-7-4-5-8-17(15)13-22-19(23)14-27-20(24)12-11-16-9-6-10-18(25-2)21(16)26-3/h4-12H,13-14H2,1-3H3,(H,22,23)/b12-11+. The molecule has 0 heterocycles. The minimum absolute atomic E-state index is 0.343. The van der Waals surface area contributed by atoms with Gasteiger partial charge in [0, 0.05) is 18.2 Å². The molecular formula is C21H23NO5. The maximum Gasteiger partial charge on any atom is 0.331 e. The van der Waals surface area contributed by atoms with Crippen molar-refractivity contribution in [2.45, 2.75) is 13.5 Å². The van der Waals surface area contributed by atoms with E-state index < -0.39 is 5.97 Å². The first kappa shape index (κ1) is 20.0. The van der Waals surface area contributed by atoms with Crippen LogP contribution in [0, 0.1) is 6.92 Å². The van der Waals surface area contributed by atoms with Gasteiger partial charge in [0.05, 0.1) is 14.2 Å². The number of rotatable bonds is 8. The minimum Gasteiger partial charge on any atom is -0.493 e. The largest absolute Gasteiger partial charge is 0.493 e. The predicted molar refractivity (Wildman–Crippen MR) is 103 cm³/mol. The van der Waals surface area contributed by atoms with Crippen LogP contribution in [0.2, 0.25) is 0 Å². The molecule has 0 aliphatic carbocycles. The summed E-state index contributed by atoms with van der Waals surface area (Å²) in [5.41, 5.74) is 2.77. The van der Waals surface area contributed by atoms with Crippen molar-refractivity contribution < 1.29 is 23.8 Å². The first-order chi connectivity index (χ1) is 13.0. The van der Waals surface area contributed by atoms with E-state index >= 15 is 0 Å². The SMILES string of the molecule is COc1cccc(/C=C/C(=O)OCC(=O)NCc2ccccc2C)c1OC. The van der Waals surface area contributed by atoms with Crippen LogP contribution in [0.3, 0.4) is 0 Å². The molecule has 0 saturated heterocycles. The molecule has 0 atom stereocenters. The van der Waals surface area contributed by atoms with Crippen LogP contribution in [-0.2, 0) is 20.9 Å². The summed E-state index contributed by atoms with van der Waals surface area (Å²) >= 11 is 0. The van der Waals surface area contributed by atoms with E-state index in [-0.39, 0.29) is 12.5 Å². The van der Waals surface area contributed by atoms with Crippen molar-refractivity contribution >= 4 is 18.0 Å². The summed E-state index contributed by atoms with van der Waals surface area (Å²) in [5, 5.41) is 2.73. The zero-order valence-electron chi connectivity index (χ0n) is 15.7. The summed E-state index contributed by atoms with van der Waals surface area (Å²) in [5.74, 6) is 0.0912. The summed E-state index contributed by atoms with van der Waals surface area (Å²) < 4.78 is 15.5. The number of hydrogen-bond donors (Lipinski definition) is 1. The van der Waals surface area contributed by atoms with Gasteiger partial charge in [-0.3, -0.25) is 4.79 Å². The highest BCUT2D eigenvalue weighted by atomic mass is 16.5. The topological polar surface area (TPSA) is 73.9 Å². The van der Waals surface area contributed by atoms with Crippen LogP contribution >= 0.6 is 0 Å². The van der Waals surface area contributed by atoms with Gasteiger partial charge in [-0.05, 0) is 30.2 Å². The number of carbonyl (C=O) groups excluding carboxylic acids is 2. The number of amides is 1. The summed E-state index contributed by atoms with van der Waals surface area (Å²) in [7, 11) is 3.06. The molecule has 0 fully saturated rings. The molecule has 0 bridgehead atoms. The maximum atomic E-state index is 11.8. The summed E-state index contributed by atoms with van der Waals surface area (Å²) in [6, 6.07) is 13.1. The molecule has 0 radical (unpaired) electrons. The van der Waals surface area contributed by atoms with E-state index in [9.17, 15) is 9.59 Å². The lowest BCUT2D eigenvalue weighted by atomic mass is 10.1. The van der Waals surface area contributed by atoms with Crippen molar-refractivity contribution in [2.75, 3.05) is 20.8 Å². The number of benzene rings is 2. The fourth-order valence-corrected chi connectivity index (χ4v) is 2.44. The Balaban J connectivity index is 1.84. The Morgan fingerprint density at radius 2 is 1.81 bits per heavy atom. The number of hydrogen-bond acceptors (Lipinski definition) is 5. The number of carbonyl (C=O) groups is 2. The minimum atomic E-state index is -0.620.